The van der Waals surface area contributed by atoms with Gasteiger partial charge in [0.1, 0.15) is 11.9 Å². The highest BCUT2D eigenvalue weighted by Crippen LogP contribution is 2.11. The van der Waals surface area contributed by atoms with Gasteiger partial charge in [0, 0.05) is 12.1 Å². The summed E-state index contributed by atoms with van der Waals surface area (Å²) in [6.07, 6.45) is 7.01. The molecule has 0 bridgehead atoms. The van der Waals surface area contributed by atoms with Gasteiger partial charge in [0.05, 0.1) is 5.56 Å². The van der Waals surface area contributed by atoms with Crippen LogP contribution in [0.25, 0.3) is 0 Å². The highest BCUT2D eigenvalue weighted by atomic mass is 32.2. The Hall–Kier alpha value is -1.05. The van der Waals surface area contributed by atoms with Gasteiger partial charge in [-0.05, 0) is 37.5 Å². The van der Waals surface area contributed by atoms with Gasteiger partial charge in [-0.1, -0.05) is 25.0 Å². The van der Waals surface area contributed by atoms with Crippen molar-refractivity contribution in [2.24, 2.45) is 0 Å². The van der Waals surface area contributed by atoms with Gasteiger partial charge in [-0.15, -0.1) is 0 Å². The molecule has 2 nitrogen and oxygen atoms in total. The van der Waals surface area contributed by atoms with E-state index in [0.717, 1.165) is 13.0 Å². The zero-order valence-electron chi connectivity index (χ0n) is 11.4. The molecule has 19 heavy (non-hydrogen) atoms. The average molecular weight is 280 g/mol. The molecular formula is C15H21FN2S. The summed E-state index contributed by atoms with van der Waals surface area (Å²) in [5.41, 5.74) is 0.692. The lowest BCUT2D eigenvalue weighted by Crippen LogP contribution is -2.16. The van der Waals surface area contributed by atoms with Gasteiger partial charge in [0.15, 0.2) is 0 Å². The smallest absolute Gasteiger partial charge is 0.145 e. The van der Waals surface area contributed by atoms with Gasteiger partial charge < -0.3 is 5.32 Å². The van der Waals surface area contributed by atoms with Crippen molar-refractivity contribution >= 4 is 11.8 Å². The van der Waals surface area contributed by atoms with Gasteiger partial charge in [-0.2, -0.15) is 17.0 Å². The van der Waals surface area contributed by atoms with Gasteiger partial charge in [-0.25, -0.2) is 4.39 Å². The zero-order valence-corrected chi connectivity index (χ0v) is 12.2. The number of unbranched alkanes of at least 4 members (excludes halogenated alkanes) is 3. The Morgan fingerprint density at radius 1 is 1.26 bits per heavy atom. The van der Waals surface area contributed by atoms with Gasteiger partial charge in [-0.3, -0.25) is 0 Å². The predicted octanol–water partition coefficient (Wildman–Crippen LogP) is 3.71. The van der Waals surface area contributed by atoms with Crippen LogP contribution in [0.3, 0.4) is 0 Å². The summed E-state index contributed by atoms with van der Waals surface area (Å²) in [6.45, 7) is 1.39. The molecule has 1 aromatic carbocycles. The van der Waals surface area contributed by atoms with E-state index < -0.39 is 5.82 Å². The van der Waals surface area contributed by atoms with E-state index in [1.807, 2.05) is 17.8 Å². The lowest BCUT2D eigenvalue weighted by Gasteiger charge is -2.06. The Bertz CT molecular complexity index is 415. The van der Waals surface area contributed by atoms with E-state index >= 15 is 0 Å². The van der Waals surface area contributed by atoms with Gasteiger partial charge >= 0.3 is 0 Å². The molecule has 0 atom stereocenters. The number of halogens is 1. The van der Waals surface area contributed by atoms with Crippen molar-refractivity contribution in [1.29, 1.82) is 5.26 Å². The number of nitriles is 1. The molecule has 1 N–H and O–H groups in total. The second-order valence-electron chi connectivity index (χ2n) is 4.47. The van der Waals surface area contributed by atoms with Crippen molar-refractivity contribution in [1.82, 2.24) is 5.32 Å². The van der Waals surface area contributed by atoms with Crippen LogP contribution in [-0.2, 0) is 6.54 Å². The maximum absolute atomic E-state index is 13.7. The maximum atomic E-state index is 13.7. The first-order chi connectivity index (χ1) is 9.29. The molecule has 0 heterocycles. The minimum absolute atomic E-state index is 0.122. The number of benzene rings is 1. The molecule has 0 radical (unpaired) electrons. The summed E-state index contributed by atoms with van der Waals surface area (Å²) >= 11 is 1.89. The van der Waals surface area contributed by atoms with Crippen LogP contribution in [0.4, 0.5) is 4.39 Å². The fraction of sp³-hybridized carbons (Fsp3) is 0.533. The summed E-state index contributed by atoms with van der Waals surface area (Å²) < 4.78 is 13.7. The minimum Gasteiger partial charge on any atom is -0.313 e. The molecule has 0 unspecified atom stereocenters. The zero-order chi connectivity index (χ0) is 13.9. The van der Waals surface area contributed by atoms with E-state index in [0.29, 0.717) is 12.1 Å². The number of thioether (sulfide) groups is 1. The first kappa shape index (κ1) is 16.0. The van der Waals surface area contributed by atoms with Crippen LogP contribution in [0.5, 0.6) is 0 Å². The van der Waals surface area contributed by atoms with Crippen LogP contribution in [0.2, 0.25) is 0 Å². The van der Waals surface area contributed by atoms with E-state index in [2.05, 4.69) is 11.6 Å². The Labute approximate surface area is 119 Å². The van der Waals surface area contributed by atoms with Crippen LogP contribution >= 0.6 is 11.8 Å². The first-order valence-electron chi connectivity index (χ1n) is 6.66. The van der Waals surface area contributed by atoms with E-state index in [-0.39, 0.29) is 5.56 Å². The highest BCUT2D eigenvalue weighted by molar-refractivity contribution is 7.98. The van der Waals surface area contributed by atoms with Crippen LogP contribution < -0.4 is 5.32 Å². The summed E-state index contributed by atoms with van der Waals surface area (Å²) in [5, 5.41) is 12.0. The molecule has 0 aliphatic heterocycles. The molecule has 0 saturated heterocycles. The van der Waals surface area contributed by atoms with Gasteiger partial charge in [0.2, 0.25) is 0 Å². The largest absolute Gasteiger partial charge is 0.313 e. The van der Waals surface area contributed by atoms with E-state index in [1.165, 1.54) is 31.1 Å². The number of hydrogen-bond acceptors (Lipinski definition) is 3. The SMILES string of the molecule is CSCCCCCCNCc1cccc(C#N)c1F. The molecule has 0 aromatic heterocycles. The molecule has 0 spiro atoms. The molecule has 1 aromatic rings. The predicted molar refractivity (Wildman–Crippen MR) is 79.7 cm³/mol. The average Bonchev–Trinajstić information content (AvgIpc) is 2.43. The molecule has 104 valence electrons. The molecule has 1 rings (SSSR count). The summed E-state index contributed by atoms with van der Waals surface area (Å²) in [4.78, 5) is 0. The normalized spacial score (nSPS) is 10.4. The molecule has 0 amide bonds. The van der Waals surface area contributed by atoms with Crippen molar-refractivity contribution in [3.05, 3.63) is 35.1 Å². The third-order valence-electron chi connectivity index (χ3n) is 2.97. The topological polar surface area (TPSA) is 35.8 Å². The first-order valence-corrected chi connectivity index (χ1v) is 8.06. The van der Waals surface area contributed by atoms with Crippen molar-refractivity contribution in [3.63, 3.8) is 0 Å². The summed E-state index contributed by atoms with van der Waals surface area (Å²) in [5.74, 6) is 0.844. The van der Waals surface area contributed by atoms with E-state index in [9.17, 15) is 4.39 Å². The van der Waals surface area contributed by atoms with Crippen LogP contribution in [-0.4, -0.2) is 18.6 Å². The molecule has 0 fully saturated rings. The second kappa shape index (κ2) is 9.82. The van der Waals surface area contributed by atoms with Crippen molar-refractivity contribution < 1.29 is 4.39 Å². The third kappa shape index (κ3) is 6.09. The Morgan fingerprint density at radius 3 is 2.79 bits per heavy atom. The van der Waals surface area contributed by atoms with Crippen molar-refractivity contribution in [2.45, 2.75) is 32.2 Å². The molecule has 0 saturated carbocycles. The van der Waals surface area contributed by atoms with E-state index in [1.54, 1.807) is 12.1 Å². The molecular weight excluding hydrogens is 259 g/mol. The molecule has 0 aliphatic rings. The number of rotatable bonds is 9. The Balaban J connectivity index is 2.18. The minimum atomic E-state index is -0.391. The highest BCUT2D eigenvalue weighted by Gasteiger charge is 2.06. The van der Waals surface area contributed by atoms with Crippen LogP contribution in [0.1, 0.15) is 36.8 Å². The fourth-order valence-electron chi connectivity index (χ4n) is 1.88. The van der Waals surface area contributed by atoms with Crippen molar-refractivity contribution in [3.8, 4) is 6.07 Å². The summed E-state index contributed by atoms with van der Waals surface area (Å²) in [6, 6.07) is 6.81. The number of nitrogens with one attached hydrogen (secondary N) is 1. The Morgan fingerprint density at radius 2 is 2.05 bits per heavy atom. The van der Waals surface area contributed by atoms with Crippen LogP contribution in [0, 0.1) is 17.1 Å². The summed E-state index contributed by atoms with van der Waals surface area (Å²) in [7, 11) is 0. The lowest BCUT2D eigenvalue weighted by atomic mass is 10.1. The number of nitrogens with zero attached hydrogens (tertiary/aromatic N) is 1. The standard InChI is InChI=1S/C15H21FN2S/c1-19-10-5-3-2-4-9-18-12-14-8-6-7-13(11-17)15(14)16/h6-8,18H,2-5,9-10,12H2,1H3. The van der Waals surface area contributed by atoms with Crippen molar-refractivity contribution in [2.75, 3.05) is 18.6 Å². The monoisotopic (exact) mass is 280 g/mol. The maximum Gasteiger partial charge on any atom is 0.145 e. The lowest BCUT2D eigenvalue weighted by molar-refractivity contribution is 0.566. The van der Waals surface area contributed by atoms with Gasteiger partial charge in [0.25, 0.3) is 0 Å². The second-order valence-corrected chi connectivity index (χ2v) is 5.46. The fourth-order valence-corrected chi connectivity index (χ4v) is 2.37. The number of hydrogen-bond donors (Lipinski definition) is 1. The molecule has 0 aliphatic carbocycles. The quantitative estimate of drug-likeness (QED) is 0.700. The molecule has 4 heteroatoms. The van der Waals surface area contributed by atoms with E-state index in [4.69, 9.17) is 5.26 Å². The third-order valence-corrected chi connectivity index (χ3v) is 3.66. The van der Waals surface area contributed by atoms with Crippen LogP contribution in [0.15, 0.2) is 18.2 Å². The Kier molecular flexibility index (Phi) is 8.28.